The van der Waals surface area contributed by atoms with Crippen molar-refractivity contribution in [3.8, 4) is 0 Å². The maximum Gasteiger partial charge on any atom is 0.249 e. The lowest BCUT2D eigenvalue weighted by molar-refractivity contribution is 0.445. The van der Waals surface area contributed by atoms with Crippen molar-refractivity contribution in [2.75, 3.05) is 12.8 Å². The maximum atomic E-state index is 13.8. The molecule has 0 radical (unpaired) electrons. The molecule has 0 spiro atoms. The highest BCUT2D eigenvalue weighted by atomic mass is 32.2. The number of halogens is 2. The molecular weight excluding hydrogens is 320 g/mol. The third-order valence-electron chi connectivity index (χ3n) is 2.74. The number of nitrogen functional groups attached to an aromatic ring is 1. The Labute approximate surface area is 125 Å². The number of aryl methyl sites for hydroxylation is 1. The van der Waals surface area contributed by atoms with Crippen molar-refractivity contribution in [2.45, 2.75) is 18.4 Å². The molecule has 1 heterocycles. The molecule has 9 heteroatoms. The van der Waals surface area contributed by atoms with Crippen molar-refractivity contribution in [3.63, 3.8) is 0 Å². The number of nitrogens with two attached hydrogens (primary N) is 1. The van der Waals surface area contributed by atoms with Crippen LogP contribution in [0, 0.1) is 18.6 Å². The van der Waals surface area contributed by atoms with Crippen molar-refractivity contribution in [3.05, 3.63) is 39.8 Å². The highest BCUT2D eigenvalue weighted by Crippen LogP contribution is 2.25. The van der Waals surface area contributed by atoms with Gasteiger partial charge in [-0.2, -0.15) is 4.31 Å². The van der Waals surface area contributed by atoms with Gasteiger partial charge in [-0.15, -0.1) is 11.3 Å². The minimum Gasteiger partial charge on any atom is -0.399 e. The molecule has 21 heavy (non-hydrogen) atoms. The van der Waals surface area contributed by atoms with E-state index in [2.05, 4.69) is 4.98 Å². The molecule has 5 nitrogen and oxygen atoms in total. The minimum absolute atomic E-state index is 0.0735. The topological polar surface area (TPSA) is 76.3 Å². The predicted molar refractivity (Wildman–Crippen MR) is 76.3 cm³/mol. The standard InChI is InChI=1S/C12H13F2N3O2S2/c1-7-16-9(6-20-7)5-17(2)21(18,19)12-10(13)3-8(15)4-11(12)14/h3-4,6H,5,15H2,1-2H3. The molecule has 0 amide bonds. The van der Waals surface area contributed by atoms with E-state index in [4.69, 9.17) is 5.73 Å². The maximum absolute atomic E-state index is 13.8. The molecule has 2 rings (SSSR count). The van der Waals surface area contributed by atoms with E-state index in [-0.39, 0.29) is 12.2 Å². The second kappa shape index (κ2) is 5.66. The zero-order valence-corrected chi connectivity index (χ0v) is 12.9. The third kappa shape index (κ3) is 3.20. The summed E-state index contributed by atoms with van der Waals surface area (Å²) in [5.41, 5.74) is 5.61. The Morgan fingerprint density at radius 1 is 1.33 bits per heavy atom. The van der Waals surface area contributed by atoms with E-state index >= 15 is 0 Å². The summed E-state index contributed by atoms with van der Waals surface area (Å²) >= 11 is 1.36. The number of benzene rings is 1. The van der Waals surface area contributed by atoms with E-state index in [9.17, 15) is 17.2 Å². The van der Waals surface area contributed by atoms with Crippen molar-refractivity contribution in [1.29, 1.82) is 0 Å². The second-order valence-electron chi connectivity index (χ2n) is 4.43. The zero-order valence-electron chi connectivity index (χ0n) is 11.3. The Morgan fingerprint density at radius 2 is 1.90 bits per heavy atom. The van der Waals surface area contributed by atoms with Gasteiger partial charge in [0.05, 0.1) is 17.2 Å². The zero-order chi connectivity index (χ0) is 15.8. The first-order valence-electron chi connectivity index (χ1n) is 5.83. The molecule has 0 aliphatic carbocycles. The second-order valence-corrected chi connectivity index (χ2v) is 7.48. The quantitative estimate of drug-likeness (QED) is 0.870. The molecule has 2 N–H and O–H groups in total. The number of anilines is 1. The summed E-state index contributed by atoms with van der Waals surface area (Å²) < 4.78 is 52.9. The number of rotatable bonds is 4. The van der Waals surface area contributed by atoms with E-state index in [1.54, 1.807) is 12.3 Å². The molecule has 0 fully saturated rings. The molecule has 0 saturated carbocycles. The number of sulfonamides is 1. The van der Waals surface area contributed by atoms with Crippen molar-refractivity contribution in [1.82, 2.24) is 9.29 Å². The fourth-order valence-corrected chi connectivity index (χ4v) is 3.60. The molecule has 1 aromatic heterocycles. The van der Waals surface area contributed by atoms with Crippen LogP contribution in [0.1, 0.15) is 10.7 Å². The highest BCUT2D eigenvalue weighted by Gasteiger charge is 2.29. The van der Waals surface area contributed by atoms with Gasteiger partial charge in [-0.3, -0.25) is 0 Å². The summed E-state index contributed by atoms with van der Waals surface area (Å²) in [4.78, 5) is 3.11. The number of hydrogen-bond acceptors (Lipinski definition) is 5. The first-order chi connectivity index (χ1) is 9.71. The molecule has 114 valence electrons. The van der Waals surface area contributed by atoms with Crippen LogP contribution in [-0.2, 0) is 16.6 Å². The van der Waals surface area contributed by atoms with Gasteiger partial charge < -0.3 is 5.73 Å². The third-order valence-corrected chi connectivity index (χ3v) is 5.42. The van der Waals surface area contributed by atoms with Crippen molar-refractivity contribution >= 4 is 27.0 Å². The first-order valence-corrected chi connectivity index (χ1v) is 8.15. The molecule has 0 unspecified atom stereocenters. The smallest absolute Gasteiger partial charge is 0.249 e. The lowest BCUT2D eigenvalue weighted by Crippen LogP contribution is -2.28. The van der Waals surface area contributed by atoms with Crippen LogP contribution in [-0.4, -0.2) is 24.8 Å². The Balaban J connectivity index is 2.38. The van der Waals surface area contributed by atoms with Crippen LogP contribution in [0.15, 0.2) is 22.4 Å². The van der Waals surface area contributed by atoms with E-state index in [0.29, 0.717) is 5.69 Å². The molecule has 1 aromatic carbocycles. The van der Waals surface area contributed by atoms with Gasteiger partial charge in [0.25, 0.3) is 0 Å². The van der Waals surface area contributed by atoms with Crippen LogP contribution < -0.4 is 5.73 Å². The summed E-state index contributed by atoms with van der Waals surface area (Å²) in [5.74, 6) is -2.43. The van der Waals surface area contributed by atoms with E-state index in [0.717, 1.165) is 21.4 Å². The lowest BCUT2D eigenvalue weighted by atomic mass is 10.3. The number of aromatic nitrogens is 1. The lowest BCUT2D eigenvalue weighted by Gasteiger charge is -2.17. The van der Waals surface area contributed by atoms with Crippen molar-refractivity contribution < 1.29 is 17.2 Å². The van der Waals surface area contributed by atoms with Gasteiger partial charge in [0.2, 0.25) is 10.0 Å². The van der Waals surface area contributed by atoms with Gasteiger partial charge in [-0.1, -0.05) is 0 Å². The summed E-state index contributed by atoms with van der Waals surface area (Å²) in [5, 5.41) is 2.47. The van der Waals surface area contributed by atoms with Crippen LogP contribution in [0.3, 0.4) is 0 Å². The summed E-state index contributed by atoms with van der Waals surface area (Å²) in [6.07, 6.45) is 0. The minimum atomic E-state index is -4.31. The molecular formula is C12H13F2N3O2S2. The summed E-state index contributed by atoms with van der Waals surface area (Å²) in [6, 6.07) is 1.55. The predicted octanol–water partition coefficient (Wildman–Crippen LogP) is 2.13. The molecule has 0 aliphatic heterocycles. The van der Waals surface area contributed by atoms with Crippen LogP contribution in [0.4, 0.5) is 14.5 Å². The highest BCUT2D eigenvalue weighted by molar-refractivity contribution is 7.89. The normalized spacial score (nSPS) is 12.0. The van der Waals surface area contributed by atoms with Crippen molar-refractivity contribution in [2.24, 2.45) is 0 Å². The average Bonchev–Trinajstić information content (AvgIpc) is 2.72. The van der Waals surface area contributed by atoms with Crippen LogP contribution in [0.2, 0.25) is 0 Å². The Hall–Kier alpha value is -1.58. The monoisotopic (exact) mass is 333 g/mol. The van der Waals surface area contributed by atoms with Gasteiger partial charge in [0.1, 0.15) is 11.6 Å². The van der Waals surface area contributed by atoms with E-state index in [1.807, 2.05) is 0 Å². The van der Waals surface area contributed by atoms with Crippen LogP contribution in [0.5, 0.6) is 0 Å². The van der Waals surface area contributed by atoms with Crippen LogP contribution in [0.25, 0.3) is 0 Å². The fraction of sp³-hybridized carbons (Fsp3) is 0.250. The molecule has 2 aromatic rings. The van der Waals surface area contributed by atoms with Crippen LogP contribution >= 0.6 is 11.3 Å². The molecule has 0 aliphatic rings. The number of hydrogen-bond donors (Lipinski definition) is 1. The van der Waals surface area contributed by atoms with Gasteiger partial charge in [0.15, 0.2) is 4.90 Å². The number of nitrogens with zero attached hydrogens (tertiary/aromatic N) is 2. The van der Waals surface area contributed by atoms with E-state index < -0.39 is 26.6 Å². The van der Waals surface area contributed by atoms with Gasteiger partial charge in [-0.05, 0) is 19.1 Å². The van der Waals surface area contributed by atoms with Gasteiger partial charge in [0, 0.05) is 18.1 Å². The first kappa shape index (κ1) is 15.8. The van der Waals surface area contributed by atoms with E-state index in [1.165, 1.54) is 18.4 Å². The van der Waals surface area contributed by atoms with Gasteiger partial charge >= 0.3 is 0 Å². The number of thiazole rings is 1. The fourth-order valence-electron chi connectivity index (χ4n) is 1.78. The SMILES string of the molecule is Cc1nc(CN(C)S(=O)(=O)c2c(F)cc(N)cc2F)cs1. The molecule has 0 saturated heterocycles. The Bertz CT molecular complexity index is 752. The largest absolute Gasteiger partial charge is 0.399 e. The molecule has 0 bridgehead atoms. The summed E-state index contributed by atoms with van der Waals surface area (Å²) in [6.45, 7) is 1.71. The Kier molecular flexibility index (Phi) is 4.26. The summed E-state index contributed by atoms with van der Waals surface area (Å²) in [7, 11) is -3.08. The molecule has 0 atom stereocenters. The Morgan fingerprint density at radius 3 is 2.38 bits per heavy atom. The van der Waals surface area contributed by atoms with Gasteiger partial charge in [-0.25, -0.2) is 22.2 Å². The average molecular weight is 333 g/mol.